The summed E-state index contributed by atoms with van der Waals surface area (Å²) in [4.78, 5) is 22.3. The van der Waals surface area contributed by atoms with Crippen LogP contribution in [-0.4, -0.2) is 79.4 Å². The smallest absolute Gasteiger partial charge is 0.399 e. The maximum Gasteiger partial charge on any atom is 0.496 e. The minimum atomic E-state index is -0.392. The molecule has 0 aliphatic carbocycles. The van der Waals surface area contributed by atoms with Gasteiger partial charge in [0.2, 0.25) is 0 Å². The summed E-state index contributed by atoms with van der Waals surface area (Å²) in [6.07, 6.45) is 1.83. The second-order valence-corrected chi connectivity index (χ2v) is 8.19. The Hall–Kier alpha value is -1.80. The molecule has 2 fully saturated rings. The number of aromatic nitrogens is 1. The van der Waals surface area contributed by atoms with E-state index in [0.29, 0.717) is 13.1 Å². The zero-order chi connectivity index (χ0) is 19.1. The molecular weight excluding hydrogens is 331 g/mol. The third-order valence-corrected chi connectivity index (χ3v) is 5.55. The normalized spacial score (nSPS) is 21.8. The molecule has 0 bridgehead atoms. The predicted molar refractivity (Wildman–Crippen MR) is 103 cm³/mol. The Morgan fingerprint density at radius 2 is 1.65 bits per heavy atom. The van der Waals surface area contributed by atoms with Gasteiger partial charge in [-0.3, -0.25) is 0 Å². The van der Waals surface area contributed by atoms with Gasteiger partial charge in [-0.15, -0.1) is 0 Å². The Labute approximate surface area is 156 Å². The van der Waals surface area contributed by atoms with Gasteiger partial charge in [0.1, 0.15) is 5.82 Å². The number of amides is 2. The number of anilines is 1. The van der Waals surface area contributed by atoms with Crippen molar-refractivity contribution >= 4 is 24.4 Å². The average Bonchev–Trinajstić information content (AvgIpc) is 2.82. The van der Waals surface area contributed by atoms with Crippen molar-refractivity contribution in [3.05, 3.63) is 18.3 Å². The maximum atomic E-state index is 12.0. The van der Waals surface area contributed by atoms with Crippen LogP contribution in [-0.2, 0) is 9.31 Å². The molecule has 26 heavy (non-hydrogen) atoms. The molecule has 0 radical (unpaired) electrons. The fourth-order valence-corrected chi connectivity index (χ4v) is 3.11. The van der Waals surface area contributed by atoms with Gasteiger partial charge in [-0.1, -0.05) is 6.07 Å². The van der Waals surface area contributed by atoms with E-state index in [1.165, 1.54) is 0 Å². The topological polar surface area (TPSA) is 58.1 Å². The van der Waals surface area contributed by atoms with Gasteiger partial charge in [0, 0.05) is 51.9 Å². The van der Waals surface area contributed by atoms with E-state index in [1.54, 1.807) is 19.0 Å². The van der Waals surface area contributed by atoms with Crippen LogP contribution in [0.2, 0.25) is 0 Å². The Bertz CT molecular complexity index is 639. The second-order valence-electron chi connectivity index (χ2n) is 8.19. The highest BCUT2D eigenvalue weighted by Gasteiger charge is 2.51. The molecule has 2 aliphatic rings. The standard InChI is InChI=1S/C18H29BN4O3/c1-17(2)18(3,4)26-19(25-17)14-7-8-15(20-13-14)22-9-11-23(12-10-22)16(24)21(5)6/h7-8,13H,9-12H2,1-6H3. The number of nitrogens with zero attached hydrogens (tertiary/aromatic N) is 4. The van der Waals surface area contributed by atoms with Crippen LogP contribution in [0.25, 0.3) is 0 Å². The molecule has 0 spiro atoms. The first kappa shape index (κ1) is 19.0. The van der Waals surface area contributed by atoms with Crippen molar-refractivity contribution in [1.29, 1.82) is 0 Å². The van der Waals surface area contributed by atoms with E-state index in [1.807, 2.05) is 50.9 Å². The molecule has 3 rings (SSSR count). The second kappa shape index (κ2) is 6.74. The zero-order valence-electron chi connectivity index (χ0n) is 16.7. The number of urea groups is 1. The molecule has 0 aromatic carbocycles. The van der Waals surface area contributed by atoms with Crippen molar-refractivity contribution in [2.75, 3.05) is 45.2 Å². The minimum absolute atomic E-state index is 0.0636. The predicted octanol–water partition coefficient (Wildman–Crippen LogP) is 1.18. The molecule has 142 valence electrons. The highest BCUT2D eigenvalue weighted by Crippen LogP contribution is 2.36. The van der Waals surface area contributed by atoms with Gasteiger partial charge in [0.15, 0.2) is 0 Å². The SMILES string of the molecule is CN(C)C(=O)N1CCN(c2ccc(B3OC(C)(C)C(C)(C)O3)cn2)CC1. The zero-order valence-corrected chi connectivity index (χ0v) is 16.7. The first-order chi connectivity index (χ1) is 12.1. The van der Waals surface area contributed by atoms with Crippen molar-refractivity contribution in [3.8, 4) is 0 Å². The van der Waals surface area contributed by atoms with E-state index in [4.69, 9.17) is 9.31 Å². The van der Waals surface area contributed by atoms with Gasteiger partial charge >= 0.3 is 13.1 Å². The Morgan fingerprint density at radius 1 is 1.08 bits per heavy atom. The van der Waals surface area contributed by atoms with Crippen molar-refractivity contribution in [2.24, 2.45) is 0 Å². The third-order valence-electron chi connectivity index (χ3n) is 5.55. The average molecular weight is 360 g/mol. The fourth-order valence-electron chi connectivity index (χ4n) is 3.11. The van der Waals surface area contributed by atoms with Gasteiger partial charge < -0.3 is 24.0 Å². The highest BCUT2D eigenvalue weighted by molar-refractivity contribution is 6.62. The van der Waals surface area contributed by atoms with Crippen LogP contribution in [0.3, 0.4) is 0 Å². The summed E-state index contributed by atoms with van der Waals surface area (Å²) in [6, 6.07) is 4.08. The van der Waals surface area contributed by atoms with Crippen molar-refractivity contribution in [2.45, 2.75) is 38.9 Å². The Morgan fingerprint density at radius 3 is 2.12 bits per heavy atom. The Kier molecular flexibility index (Phi) is 4.92. The van der Waals surface area contributed by atoms with E-state index >= 15 is 0 Å². The first-order valence-corrected chi connectivity index (χ1v) is 9.13. The van der Waals surface area contributed by atoms with Crippen LogP contribution in [0, 0.1) is 0 Å². The van der Waals surface area contributed by atoms with E-state index in [2.05, 4.69) is 9.88 Å². The number of carbonyl (C=O) groups is 1. The van der Waals surface area contributed by atoms with E-state index < -0.39 is 7.12 Å². The van der Waals surface area contributed by atoms with Gasteiger partial charge in [0.05, 0.1) is 11.2 Å². The van der Waals surface area contributed by atoms with Crippen molar-refractivity contribution in [1.82, 2.24) is 14.8 Å². The van der Waals surface area contributed by atoms with Crippen LogP contribution < -0.4 is 10.4 Å². The molecule has 7 nitrogen and oxygen atoms in total. The summed E-state index contributed by atoms with van der Waals surface area (Å²) in [6.45, 7) is 11.2. The van der Waals surface area contributed by atoms with Crippen molar-refractivity contribution in [3.63, 3.8) is 0 Å². The number of carbonyl (C=O) groups excluding carboxylic acids is 1. The van der Waals surface area contributed by atoms with Crippen LogP contribution in [0.15, 0.2) is 18.3 Å². The van der Waals surface area contributed by atoms with Crippen LogP contribution in [0.5, 0.6) is 0 Å². The molecular formula is C18H29BN4O3. The van der Waals surface area contributed by atoms with E-state index in [-0.39, 0.29) is 17.2 Å². The lowest BCUT2D eigenvalue weighted by Gasteiger charge is -2.36. The number of piperazine rings is 1. The molecule has 1 aromatic rings. The van der Waals surface area contributed by atoms with Crippen molar-refractivity contribution < 1.29 is 14.1 Å². The molecule has 8 heteroatoms. The summed E-state index contributed by atoms with van der Waals surface area (Å²) in [7, 11) is 3.17. The van der Waals surface area contributed by atoms with Crippen LogP contribution >= 0.6 is 0 Å². The first-order valence-electron chi connectivity index (χ1n) is 9.13. The molecule has 0 saturated carbocycles. The summed E-state index contributed by atoms with van der Waals surface area (Å²) in [5.41, 5.74) is 0.214. The molecule has 2 aliphatic heterocycles. The van der Waals surface area contributed by atoms with Gasteiger partial charge in [0.25, 0.3) is 0 Å². The van der Waals surface area contributed by atoms with Crippen LogP contribution in [0.1, 0.15) is 27.7 Å². The number of hydrogen-bond acceptors (Lipinski definition) is 5. The molecule has 2 amide bonds. The van der Waals surface area contributed by atoms with Gasteiger partial charge in [-0.05, 0) is 33.8 Å². The largest absolute Gasteiger partial charge is 0.496 e. The quantitative estimate of drug-likeness (QED) is 0.742. The molecule has 1 aromatic heterocycles. The number of pyridine rings is 1. The lowest BCUT2D eigenvalue weighted by atomic mass is 9.80. The third kappa shape index (κ3) is 3.53. The number of rotatable bonds is 2. The highest BCUT2D eigenvalue weighted by atomic mass is 16.7. The molecule has 0 unspecified atom stereocenters. The van der Waals surface area contributed by atoms with Crippen LogP contribution in [0.4, 0.5) is 10.6 Å². The summed E-state index contributed by atoms with van der Waals surface area (Å²) >= 11 is 0. The van der Waals surface area contributed by atoms with E-state index in [0.717, 1.165) is 24.4 Å². The Balaban J connectivity index is 1.62. The number of hydrogen-bond donors (Lipinski definition) is 0. The lowest BCUT2D eigenvalue weighted by Crippen LogP contribution is -2.51. The van der Waals surface area contributed by atoms with Gasteiger partial charge in [-0.2, -0.15) is 0 Å². The summed E-state index contributed by atoms with van der Waals surface area (Å²) in [5.74, 6) is 0.919. The molecule has 0 atom stereocenters. The fraction of sp³-hybridized carbons (Fsp3) is 0.667. The summed E-state index contributed by atoms with van der Waals surface area (Å²) < 4.78 is 12.1. The maximum absolute atomic E-state index is 12.0. The van der Waals surface area contributed by atoms with E-state index in [9.17, 15) is 4.79 Å². The molecule has 3 heterocycles. The molecule has 0 N–H and O–H groups in total. The monoisotopic (exact) mass is 360 g/mol. The minimum Gasteiger partial charge on any atom is -0.399 e. The van der Waals surface area contributed by atoms with Gasteiger partial charge in [-0.25, -0.2) is 9.78 Å². The molecule has 2 saturated heterocycles. The summed E-state index contributed by atoms with van der Waals surface area (Å²) in [5, 5.41) is 0. The lowest BCUT2D eigenvalue weighted by molar-refractivity contribution is 0.00578.